The standard InChI is InChI=1S/C17H22N4O4/c1-11-19-14(17(22)18-7-8-23-2)10-16(20-11)21-13-9-12(24-3)5-6-15(13)25-4/h5-6,9-10H,7-8H2,1-4H3,(H,18,22)(H,19,20,21). The Labute approximate surface area is 146 Å². The zero-order chi connectivity index (χ0) is 18.2. The number of benzene rings is 1. The number of carbonyl (C=O) groups is 1. The summed E-state index contributed by atoms with van der Waals surface area (Å²) < 4.78 is 15.5. The molecule has 0 atom stereocenters. The van der Waals surface area contributed by atoms with Gasteiger partial charge in [-0.15, -0.1) is 0 Å². The second-order valence-electron chi connectivity index (χ2n) is 5.13. The van der Waals surface area contributed by atoms with Crippen LogP contribution in [-0.4, -0.2) is 50.4 Å². The first-order chi connectivity index (χ1) is 12.1. The molecule has 2 N–H and O–H groups in total. The Morgan fingerprint density at radius 1 is 1.12 bits per heavy atom. The Balaban J connectivity index is 2.24. The Bertz CT molecular complexity index is 737. The number of nitrogens with zero attached hydrogens (tertiary/aromatic N) is 2. The minimum absolute atomic E-state index is 0.271. The maximum atomic E-state index is 12.2. The highest BCUT2D eigenvalue weighted by atomic mass is 16.5. The van der Waals surface area contributed by atoms with Crippen LogP contribution in [0.2, 0.25) is 0 Å². The molecule has 134 valence electrons. The van der Waals surface area contributed by atoms with Crippen molar-refractivity contribution >= 4 is 17.4 Å². The van der Waals surface area contributed by atoms with E-state index in [0.29, 0.717) is 42.0 Å². The van der Waals surface area contributed by atoms with Gasteiger partial charge in [-0.3, -0.25) is 4.79 Å². The van der Waals surface area contributed by atoms with Crippen molar-refractivity contribution in [1.29, 1.82) is 0 Å². The molecule has 0 unspecified atom stereocenters. The van der Waals surface area contributed by atoms with Crippen LogP contribution in [0.3, 0.4) is 0 Å². The lowest BCUT2D eigenvalue weighted by atomic mass is 10.2. The first-order valence-electron chi connectivity index (χ1n) is 7.69. The van der Waals surface area contributed by atoms with Crippen molar-refractivity contribution < 1.29 is 19.0 Å². The molecule has 2 rings (SSSR count). The molecule has 1 heterocycles. The fraction of sp³-hybridized carbons (Fsp3) is 0.353. The highest BCUT2D eigenvalue weighted by molar-refractivity contribution is 5.93. The summed E-state index contributed by atoms with van der Waals surface area (Å²) in [7, 11) is 4.74. The van der Waals surface area contributed by atoms with E-state index in [-0.39, 0.29) is 11.6 Å². The van der Waals surface area contributed by atoms with E-state index in [9.17, 15) is 4.79 Å². The van der Waals surface area contributed by atoms with Crippen LogP contribution in [0, 0.1) is 6.92 Å². The zero-order valence-electron chi connectivity index (χ0n) is 14.8. The van der Waals surface area contributed by atoms with Crippen LogP contribution in [-0.2, 0) is 4.74 Å². The van der Waals surface area contributed by atoms with Gasteiger partial charge in [-0.05, 0) is 19.1 Å². The van der Waals surface area contributed by atoms with Crippen LogP contribution < -0.4 is 20.1 Å². The van der Waals surface area contributed by atoms with Crippen LogP contribution in [0.25, 0.3) is 0 Å². The number of aromatic nitrogens is 2. The highest BCUT2D eigenvalue weighted by Gasteiger charge is 2.12. The van der Waals surface area contributed by atoms with Crippen LogP contribution in [0.1, 0.15) is 16.3 Å². The number of ether oxygens (including phenoxy) is 3. The summed E-state index contributed by atoms with van der Waals surface area (Å²) in [4.78, 5) is 20.7. The Kier molecular flexibility index (Phi) is 6.53. The van der Waals surface area contributed by atoms with Crippen molar-refractivity contribution in [3.63, 3.8) is 0 Å². The van der Waals surface area contributed by atoms with Crippen molar-refractivity contribution in [2.45, 2.75) is 6.92 Å². The molecule has 25 heavy (non-hydrogen) atoms. The number of methoxy groups -OCH3 is 3. The molecule has 0 fully saturated rings. The van der Waals surface area contributed by atoms with Gasteiger partial charge in [-0.1, -0.05) is 0 Å². The number of nitrogens with one attached hydrogen (secondary N) is 2. The van der Waals surface area contributed by atoms with Gasteiger partial charge in [0, 0.05) is 25.8 Å². The van der Waals surface area contributed by atoms with Crippen LogP contribution in [0.5, 0.6) is 11.5 Å². The molecular formula is C17H22N4O4. The van der Waals surface area contributed by atoms with E-state index in [4.69, 9.17) is 14.2 Å². The number of carbonyl (C=O) groups excluding carboxylic acids is 1. The first kappa shape index (κ1) is 18.5. The molecule has 0 bridgehead atoms. The molecule has 2 aromatic rings. The Morgan fingerprint density at radius 2 is 1.92 bits per heavy atom. The molecule has 0 aliphatic carbocycles. The summed E-state index contributed by atoms with van der Waals surface area (Å²) in [6, 6.07) is 6.94. The quantitative estimate of drug-likeness (QED) is 0.705. The average molecular weight is 346 g/mol. The third-order valence-electron chi connectivity index (χ3n) is 3.33. The average Bonchev–Trinajstić information content (AvgIpc) is 2.61. The number of hydrogen-bond donors (Lipinski definition) is 2. The SMILES string of the molecule is COCCNC(=O)c1cc(Nc2cc(OC)ccc2OC)nc(C)n1. The van der Waals surface area contributed by atoms with Gasteiger partial charge in [0.15, 0.2) is 0 Å². The predicted molar refractivity (Wildman–Crippen MR) is 93.8 cm³/mol. The number of amides is 1. The van der Waals surface area contributed by atoms with Crippen molar-refractivity contribution in [3.05, 3.63) is 35.8 Å². The van der Waals surface area contributed by atoms with Gasteiger partial charge in [0.05, 0.1) is 26.5 Å². The fourth-order valence-corrected chi connectivity index (χ4v) is 2.15. The summed E-state index contributed by atoms with van der Waals surface area (Å²) in [6.07, 6.45) is 0. The van der Waals surface area contributed by atoms with E-state index in [2.05, 4.69) is 20.6 Å². The van der Waals surface area contributed by atoms with Crippen molar-refractivity contribution in [1.82, 2.24) is 15.3 Å². The van der Waals surface area contributed by atoms with Gasteiger partial charge in [-0.25, -0.2) is 9.97 Å². The number of anilines is 2. The molecular weight excluding hydrogens is 324 g/mol. The molecule has 1 amide bonds. The topological polar surface area (TPSA) is 94.6 Å². The van der Waals surface area contributed by atoms with Crippen LogP contribution in [0.4, 0.5) is 11.5 Å². The van der Waals surface area contributed by atoms with E-state index in [0.717, 1.165) is 0 Å². The smallest absolute Gasteiger partial charge is 0.270 e. The minimum Gasteiger partial charge on any atom is -0.497 e. The second-order valence-corrected chi connectivity index (χ2v) is 5.13. The first-order valence-corrected chi connectivity index (χ1v) is 7.69. The van der Waals surface area contributed by atoms with E-state index < -0.39 is 0 Å². The molecule has 8 heteroatoms. The van der Waals surface area contributed by atoms with Crippen molar-refractivity contribution in [3.8, 4) is 11.5 Å². The molecule has 1 aromatic heterocycles. The van der Waals surface area contributed by atoms with Gasteiger partial charge in [0.2, 0.25) is 0 Å². The lowest BCUT2D eigenvalue weighted by molar-refractivity contribution is 0.0931. The summed E-state index contributed by atoms with van der Waals surface area (Å²) in [6.45, 7) is 2.56. The summed E-state index contributed by atoms with van der Waals surface area (Å²) >= 11 is 0. The van der Waals surface area contributed by atoms with Crippen molar-refractivity contribution in [2.24, 2.45) is 0 Å². The van der Waals surface area contributed by atoms with Crippen LogP contribution >= 0.6 is 0 Å². The Morgan fingerprint density at radius 3 is 2.60 bits per heavy atom. The number of rotatable bonds is 8. The van der Waals surface area contributed by atoms with Crippen LogP contribution in [0.15, 0.2) is 24.3 Å². The lowest BCUT2D eigenvalue weighted by Gasteiger charge is -2.13. The molecule has 0 radical (unpaired) electrons. The normalized spacial score (nSPS) is 10.2. The van der Waals surface area contributed by atoms with Gasteiger partial charge in [0.25, 0.3) is 5.91 Å². The summed E-state index contributed by atoms with van der Waals surface area (Å²) in [5.41, 5.74) is 0.943. The largest absolute Gasteiger partial charge is 0.497 e. The molecule has 0 saturated heterocycles. The zero-order valence-corrected chi connectivity index (χ0v) is 14.8. The molecule has 0 aliphatic rings. The maximum Gasteiger partial charge on any atom is 0.270 e. The molecule has 0 spiro atoms. The van der Waals surface area contributed by atoms with E-state index in [1.165, 1.54) is 0 Å². The molecule has 0 saturated carbocycles. The highest BCUT2D eigenvalue weighted by Crippen LogP contribution is 2.31. The predicted octanol–water partition coefficient (Wildman–Crippen LogP) is 1.92. The lowest BCUT2D eigenvalue weighted by Crippen LogP contribution is -2.28. The number of hydrogen-bond acceptors (Lipinski definition) is 7. The Hall–Kier alpha value is -2.87. The van der Waals surface area contributed by atoms with Gasteiger partial charge in [-0.2, -0.15) is 0 Å². The monoisotopic (exact) mass is 346 g/mol. The third kappa shape index (κ3) is 5.05. The summed E-state index contributed by atoms with van der Waals surface area (Å²) in [5.74, 6) is 1.97. The second kappa shape index (κ2) is 8.84. The van der Waals surface area contributed by atoms with Gasteiger partial charge >= 0.3 is 0 Å². The fourth-order valence-electron chi connectivity index (χ4n) is 2.15. The van der Waals surface area contributed by atoms with E-state index >= 15 is 0 Å². The molecule has 0 aliphatic heterocycles. The van der Waals surface area contributed by atoms with Gasteiger partial charge in [0.1, 0.15) is 28.8 Å². The summed E-state index contributed by atoms with van der Waals surface area (Å²) in [5, 5.41) is 5.87. The van der Waals surface area contributed by atoms with E-state index in [1.54, 1.807) is 52.5 Å². The van der Waals surface area contributed by atoms with Gasteiger partial charge < -0.3 is 24.8 Å². The van der Waals surface area contributed by atoms with E-state index in [1.807, 2.05) is 0 Å². The molecule has 8 nitrogen and oxygen atoms in total. The minimum atomic E-state index is -0.289. The number of aryl methyl sites for hydroxylation is 1. The third-order valence-corrected chi connectivity index (χ3v) is 3.33. The maximum absolute atomic E-state index is 12.2. The molecule has 1 aromatic carbocycles. The van der Waals surface area contributed by atoms with Crippen molar-refractivity contribution in [2.75, 3.05) is 39.8 Å².